The molecule has 0 saturated carbocycles. The number of aromatic nitrogens is 2. The summed E-state index contributed by atoms with van der Waals surface area (Å²) >= 11 is 6.28. The molecule has 17 heavy (non-hydrogen) atoms. The molecule has 0 fully saturated rings. The van der Waals surface area contributed by atoms with E-state index in [1.54, 1.807) is 6.20 Å². The second kappa shape index (κ2) is 5.67. The van der Waals surface area contributed by atoms with Gasteiger partial charge in [-0.2, -0.15) is 0 Å². The van der Waals surface area contributed by atoms with E-state index in [-0.39, 0.29) is 10.8 Å². The van der Waals surface area contributed by atoms with Crippen LogP contribution in [0.1, 0.15) is 38.6 Å². The molecule has 1 N–H and O–H groups in total. The van der Waals surface area contributed by atoms with Crippen LogP contribution in [0.3, 0.4) is 0 Å². The Morgan fingerprint density at radius 1 is 1.29 bits per heavy atom. The zero-order valence-corrected chi connectivity index (χ0v) is 12.1. The molecule has 0 aliphatic carbocycles. The normalized spacial score (nSPS) is 13.5. The van der Waals surface area contributed by atoms with Crippen LogP contribution in [0.5, 0.6) is 0 Å². The maximum Gasteiger partial charge on any atom is 0.144 e. The van der Waals surface area contributed by atoms with Gasteiger partial charge in [-0.25, -0.2) is 4.98 Å². The molecule has 1 aromatic rings. The molecule has 1 rings (SSSR count). The van der Waals surface area contributed by atoms with Gasteiger partial charge in [0, 0.05) is 6.54 Å². The van der Waals surface area contributed by atoms with Crippen molar-refractivity contribution < 1.29 is 0 Å². The number of nitrogens with zero attached hydrogens (tertiary/aromatic N) is 2. The van der Waals surface area contributed by atoms with Crippen molar-refractivity contribution in [2.45, 2.75) is 46.4 Å². The molecule has 1 unspecified atom stereocenters. The second-order valence-corrected chi connectivity index (χ2v) is 6.29. The van der Waals surface area contributed by atoms with Crippen LogP contribution in [-0.2, 0) is 0 Å². The first-order valence-electron chi connectivity index (χ1n) is 5.96. The summed E-state index contributed by atoms with van der Waals surface area (Å²) in [6, 6.07) is 0. The van der Waals surface area contributed by atoms with Gasteiger partial charge in [0.15, 0.2) is 0 Å². The molecule has 1 atom stereocenters. The second-order valence-electron chi connectivity index (χ2n) is 5.67. The van der Waals surface area contributed by atoms with Crippen molar-refractivity contribution in [3.63, 3.8) is 0 Å². The summed E-state index contributed by atoms with van der Waals surface area (Å²) in [5, 5.41) is 3.34. The summed E-state index contributed by atoms with van der Waals surface area (Å²) in [6.45, 7) is 11.2. The Kier molecular flexibility index (Phi) is 4.75. The van der Waals surface area contributed by atoms with E-state index in [0.717, 1.165) is 30.2 Å². The van der Waals surface area contributed by atoms with Crippen molar-refractivity contribution in [2.24, 2.45) is 5.41 Å². The van der Waals surface area contributed by atoms with Crippen LogP contribution >= 0.6 is 11.6 Å². The molecule has 0 spiro atoms. The van der Waals surface area contributed by atoms with E-state index in [9.17, 15) is 0 Å². The molecule has 4 heteroatoms. The first-order chi connectivity index (χ1) is 7.78. The molecular weight excluding hydrogens is 234 g/mol. The SMILES string of the molecule is Cc1ncc(NCC(Cl)CC(C)(C)C)nc1C. The van der Waals surface area contributed by atoms with E-state index in [1.807, 2.05) is 13.8 Å². The average molecular weight is 256 g/mol. The first kappa shape index (κ1) is 14.2. The Morgan fingerprint density at radius 2 is 1.94 bits per heavy atom. The van der Waals surface area contributed by atoms with E-state index < -0.39 is 0 Å². The number of anilines is 1. The van der Waals surface area contributed by atoms with Gasteiger partial charge in [-0.1, -0.05) is 20.8 Å². The van der Waals surface area contributed by atoms with Gasteiger partial charge in [-0.05, 0) is 25.7 Å². The number of hydrogen-bond donors (Lipinski definition) is 1. The summed E-state index contributed by atoms with van der Waals surface area (Å²) in [5.74, 6) is 0.799. The Labute approximate surface area is 109 Å². The number of nitrogens with one attached hydrogen (secondary N) is 1. The molecule has 0 bridgehead atoms. The van der Waals surface area contributed by atoms with Gasteiger partial charge in [0.05, 0.1) is 23.0 Å². The van der Waals surface area contributed by atoms with Crippen LogP contribution < -0.4 is 5.32 Å². The van der Waals surface area contributed by atoms with Crippen molar-refractivity contribution >= 4 is 17.4 Å². The number of hydrogen-bond acceptors (Lipinski definition) is 3. The highest BCUT2D eigenvalue weighted by molar-refractivity contribution is 6.20. The zero-order chi connectivity index (χ0) is 13.1. The van der Waals surface area contributed by atoms with Crippen molar-refractivity contribution in [3.8, 4) is 0 Å². The van der Waals surface area contributed by atoms with Crippen LogP contribution in [0.4, 0.5) is 5.82 Å². The third-order valence-electron chi connectivity index (χ3n) is 2.53. The fraction of sp³-hybridized carbons (Fsp3) is 0.692. The maximum atomic E-state index is 6.28. The summed E-state index contributed by atoms with van der Waals surface area (Å²) < 4.78 is 0. The Hall–Kier alpha value is -0.830. The standard InChI is InChI=1S/C13H22ClN3/c1-9-10(2)17-12(8-15-9)16-7-11(14)6-13(3,4)5/h8,11H,6-7H2,1-5H3,(H,16,17). The lowest BCUT2D eigenvalue weighted by Gasteiger charge is -2.22. The molecular formula is C13H22ClN3. The molecule has 0 aliphatic rings. The molecule has 3 nitrogen and oxygen atoms in total. The Morgan fingerprint density at radius 3 is 2.47 bits per heavy atom. The van der Waals surface area contributed by atoms with Crippen molar-refractivity contribution in [3.05, 3.63) is 17.6 Å². The van der Waals surface area contributed by atoms with E-state index in [0.29, 0.717) is 0 Å². The monoisotopic (exact) mass is 255 g/mol. The maximum absolute atomic E-state index is 6.28. The van der Waals surface area contributed by atoms with Gasteiger partial charge >= 0.3 is 0 Å². The topological polar surface area (TPSA) is 37.8 Å². The van der Waals surface area contributed by atoms with Crippen molar-refractivity contribution in [1.82, 2.24) is 9.97 Å². The lowest BCUT2D eigenvalue weighted by atomic mass is 9.90. The number of halogens is 1. The number of aryl methyl sites for hydroxylation is 2. The van der Waals surface area contributed by atoms with E-state index in [2.05, 4.69) is 36.1 Å². The minimum atomic E-state index is 0.110. The van der Waals surface area contributed by atoms with Crippen LogP contribution in [0.15, 0.2) is 6.20 Å². The van der Waals surface area contributed by atoms with Crippen LogP contribution in [0.25, 0.3) is 0 Å². The lowest BCUT2D eigenvalue weighted by molar-refractivity contribution is 0.373. The highest BCUT2D eigenvalue weighted by Crippen LogP contribution is 2.23. The summed E-state index contributed by atoms with van der Waals surface area (Å²) in [5.41, 5.74) is 2.17. The number of rotatable bonds is 4. The Bertz CT molecular complexity index is 371. The van der Waals surface area contributed by atoms with Gasteiger partial charge in [0.2, 0.25) is 0 Å². The van der Waals surface area contributed by atoms with E-state index in [4.69, 9.17) is 11.6 Å². The van der Waals surface area contributed by atoms with Crippen LogP contribution in [0, 0.1) is 19.3 Å². The minimum absolute atomic E-state index is 0.110. The smallest absolute Gasteiger partial charge is 0.144 e. The van der Waals surface area contributed by atoms with Crippen LogP contribution in [-0.4, -0.2) is 21.9 Å². The fourth-order valence-corrected chi connectivity index (χ4v) is 2.12. The number of alkyl halides is 1. The van der Waals surface area contributed by atoms with E-state index in [1.165, 1.54) is 0 Å². The Balaban J connectivity index is 2.47. The zero-order valence-electron chi connectivity index (χ0n) is 11.3. The predicted molar refractivity (Wildman–Crippen MR) is 73.7 cm³/mol. The molecule has 1 heterocycles. The largest absolute Gasteiger partial charge is 0.367 e. The molecule has 0 radical (unpaired) electrons. The predicted octanol–water partition coefficient (Wildman–Crippen LogP) is 3.55. The highest BCUT2D eigenvalue weighted by Gasteiger charge is 2.16. The van der Waals surface area contributed by atoms with Crippen molar-refractivity contribution in [2.75, 3.05) is 11.9 Å². The fourth-order valence-electron chi connectivity index (χ4n) is 1.58. The molecule has 0 aliphatic heterocycles. The third kappa shape index (κ3) is 5.35. The molecule has 1 aromatic heterocycles. The summed E-state index contributed by atoms with van der Waals surface area (Å²) in [6.07, 6.45) is 2.73. The van der Waals surface area contributed by atoms with Crippen LogP contribution in [0.2, 0.25) is 0 Å². The molecule has 0 saturated heterocycles. The highest BCUT2D eigenvalue weighted by atomic mass is 35.5. The summed E-state index contributed by atoms with van der Waals surface area (Å²) in [7, 11) is 0. The van der Waals surface area contributed by atoms with Gasteiger partial charge in [0.25, 0.3) is 0 Å². The van der Waals surface area contributed by atoms with Gasteiger partial charge in [0.1, 0.15) is 5.82 Å². The van der Waals surface area contributed by atoms with Gasteiger partial charge in [-0.15, -0.1) is 11.6 Å². The van der Waals surface area contributed by atoms with Gasteiger partial charge in [-0.3, -0.25) is 4.98 Å². The lowest BCUT2D eigenvalue weighted by Crippen LogP contribution is -2.21. The quantitative estimate of drug-likeness (QED) is 0.837. The molecule has 0 aromatic carbocycles. The average Bonchev–Trinajstić information content (AvgIpc) is 2.17. The third-order valence-corrected chi connectivity index (χ3v) is 2.84. The van der Waals surface area contributed by atoms with Crippen molar-refractivity contribution in [1.29, 1.82) is 0 Å². The minimum Gasteiger partial charge on any atom is -0.367 e. The first-order valence-corrected chi connectivity index (χ1v) is 6.40. The van der Waals surface area contributed by atoms with Gasteiger partial charge < -0.3 is 5.32 Å². The van der Waals surface area contributed by atoms with E-state index >= 15 is 0 Å². The molecule has 0 amide bonds. The molecule has 96 valence electrons. The summed E-state index contributed by atoms with van der Waals surface area (Å²) in [4.78, 5) is 8.67.